The maximum atomic E-state index is 6.67. The van der Waals surface area contributed by atoms with Crippen molar-refractivity contribution in [1.29, 1.82) is 0 Å². The van der Waals surface area contributed by atoms with Gasteiger partial charge in [-0.3, -0.25) is 10.00 Å². The molecule has 7 nitrogen and oxygen atoms in total. The standard InChI is InChI=1S/C33H29N5O2/c1-5-28-26(9-10-34-28)17-22(1)24-3-7-30-32(19-24)40-33-20-25(23-2-6-29-27(18-23)21-35-36-29)4-8-31(33)38(30)12-11-37-13-15-39-16-14-37/h1-10,17-21,34H,11-16H2,(H,35,36). The van der Waals surface area contributed by atoms with E-state index in [1.165, 1.54) is 10.9 Å². The van der Waals surface area contributed by atoms with Crippen molar-refractivity contribution in [3.05, 3.63) is 91.3 Å². The van der Waals surface area contributed by atoms with E-state index in [1.807, 2.05) is 12.4 Å². The Morgan fingerprint density at radius 1 is 0.675 bits per heavy atom. The highest BCUT2D eigenvalue weighted by atomic mass is 16.5. The van der Waals surface area contributed by atoms with Gasteiger partial charge in [-0.15, -0.1) is 0 Å². The van der Waals surface area contributed by atoms with E-state index < -0.39 is 0 Å². The van der Waals surface area contributed by atoms with Crippen LogP contribution in [0.3, 0.4) is 0 Å². The Balaban J connectivity index is 1.18. The van der Waals surface area contributed by atoms with Gasteiger partial charge in [-0.1, -0.05) is 24.3 Å². The van der Waals surface area contributed by atoms with Crippen LogP contribution in [0.15, 0.2) is 91.3 Å². The molecule has 2 aliphatic rings. The second kappa shape index (κ2) is 9.55. The van der Waals surface area contributed by atoms with E-state index in [2.05, 4.69) is 104 Å². The summed E-state index contributed by atoms with van der Waals surface area (Å²) in [7, 11) is 0. The molecule has 198 valence electrons. The minimum atomic E-state index is 0.801. The first-order valence-corrected chi connectivity index (χ1v) is 13.8. The molecule has 0 unspecified atom stereocenters. The molecule has 1 saturated heterocycles. The third kappa shape index (κ3) is 4.11. The molecule has 4 heterocycles. The lowest BCUT2D eigenvalue weighted by Gasteiger charge is -2.35. The number of aromatic amines is 2. The molecule has 40 heavy (non-hydrogen) atoms. The van der Waals surface area contributed by atoms with Crippen molar-refractivity contribution < 1.29 is 9.47 Å². The Hall–Kier alpha value is -4.59. The molecule has 1 fully saturated rings. The number of H-pyrrole nitrogens is 2. The van der Waals surface area contributed by atoms with Crippen molar-refractivity contribution in [3.63, 3.8) is 0 Å². The fraction of sp³-hybridized carbons (Fsp3) is 0.182. The maximum Gasteiger partial charge on any atom is 0.151 e. The molecule has 4 aromatic carbocycles. The summed E-state index contributed by atoms with van der Waals surface area (Å²) in [5.74, 6) is 1.75. The van der Waals surface area contributed by atoms with Crippen LogP contribution in [0.2, 0.25) is 0 Å². The number of hydrogen-bond donors (Lipinski definition) is 2. The summed E-state index contributed by atoms with van der Waals surface area (Å²) >= 11 is 0. The summed E-state index contributed by atoms with van der Waals surface area (Å²) in [5, 5.41) is 9.51. The summed E-state index contributed by atoms with van der Waals surface area (Å²) in [5.41, 5.74) is 8.93. The van der Waals surface area contributed by atoms with Crippen LogP contribution in [0.1, 0.15) is 0 Å². The number of benzene rings is 4. The normalized spacial score (nSPS) is 15.2. The van der Waals surface area contributed by atoms with Crippen LogP contribution in [-0.4, -0.2) is 59.5 Å². The summed E-state index contributed by atoms with van der Waals surface area (Å²) < 4.78 is 12.2. The Bertz CT molecular complexity index is 1730. The lowest BCUT2D eigenvalue weighted by atomic mass is 10.0. The summed E-state index contributed by atoms with van der Waals surface area (Å²) in [6.45, 7) is 5.39. The van der Waals surface area contributed by atoms with E-state index in [0.717, 1.165) is 95.4 Å². The number of hydrogen-bond acceptors (Lipinski definition) is 5. The highest BCUT2D eigenvalue weighted by Gasteiger charge is 2.26. The molecule has 0 spiro atoms. The quantitative estimate of drug-likeness (QED) is 0.254. The minimum Gasteiger partial charge on any atom is -0.453 e. The molecule has 2 aliphatic heterocycles. The second-order valence-electron chi connectivity index (χ2n) is 10.5. The molecule has 6 aromatic rings. The van der Waals surface area contributed by atoms with Gasteiger partial charge in [0, 0.05) is 43.3 Å². The maximum absolute atomic E-state index is 6.67. The fourth-order valence-electron chi connectivity index (χ4n) is 5.91. The Morgan fingerprint density at radius 3 is 2.08 bits per heavy atom. The predicted molar refractivity (Wildman–Crippen MR) is 160 cm³/mol. The van der Waals surface area contributed by atoms with Crippen molar-refractivity contribution in [2.45, 2.75) is 0 Å². The van der Waals surface area contributed by atoms with Crippen molar-refractivity contribution >= 4 is 33.2 Å². The SMILES string of the molecule is c1cc2cc(-c3ccc4c(c3)Oc3cc(-c5ccc6[nH]ncc6c5)ccc3N4CCN3CCOCC3)ccc2[nH]1. The number of nitrogens with zero attached hydrogens (tertiary/aromatic N) is 3. The van der Waals surface area contributed by atoms with Crippen LogP contribution < -0.4 is 9.64 Å². The molecule has 2 aromatic heterocycles. The van der Waals surface area contributed by atoms with Crippen LogP contribution in [0, 0.1) is 0 Å². The first-order valence-electron chi connectivity index (χ1n) is 13.8. The van der Waals surface area contributed by atoms with Gasteiger partial charge in [0.05, 0.1) is 36.3 Å². The lowest BCUT2D eigenvalue weighted by Crippen LogP contribution is -2.41. The molecular formula is C33H29N5O2. The zero-order valence-corrected chi connectivity index (χ0v) is 22.1. The lowest BCUT2D eigenvalue weighted by molar-refractivity contribution is 0.0394. The molecule has 0 saturated carbocycles. The zero-order valence-electron chi connectivity index (χ0n) is 22.1. The van der Waals surface area contributed by atoms with Gasteiger partial charge in [-0.25, -0.2) is 0 Å². The highest BCUT2D eigenvalue weighted by Crippen LogP contribution is 2.49. The predicted octanol–water partition coefficient (Wildman–Crippen LogP) is 6.95. The van der Waals surface area contributed by atoms with E-state index in [-0.39, 0.29) is 0 Å². The van der Waals surface area contributed by atoms with E-state index in [1.54, 1.807) is 0 Å². The third-order valence-corrected chi connectivity index (χ3v) is 8.12. The zero-order chi connectivity index (χ0) is 26.5. The number of ether oxygens (including phenoxy) is 2. The number of anilines is 2. The highest BCUT2D eigenvalue weighted by molar-refractivity contribution is 5.89. The smallest absolute Gasteiger partial charge is 0.151 e. The van der Waals surface area contributed by atoms with Crippen LogP contribution in [0.5, 0.6) is 11.5 Å². The average Bonchev–Trinajstić information content (AvgIpc) is 3.68. The van der Waals surface area contributed by atoms with Crippen LogP contribution in [-0.2, 0) is 4.74 Å². The number of rotatable bonds is 5. The summed E-state index contributed by atoms with van der Waals surface area (Å²) in [6, 6.07) is 28.2. The molecule has 7 heteroatoms. The number of aromatic nitrogens is 3. The summed E-state index contributed by atoms with van der Waals surface area (Å²) in [4.78, 5) is 8.17. The van der Waals surface area contributed by atoms with Crippen molar-refractivity contribution in [2.75, 3.05) is 44.3 Å². The number of nitrogens with one attached hydrogen (secondary N) is 2. The van der Waals surface area contributed by atoms with Gasteiger partial charge >= 0.3 is 0 Å². The molecule has 8 rings (SSSR count). The minimum absolute atomic E-state index is 0.801. The molecular weight excluding hydrogens is 498 g/mol. The van der Waals surface area contributed by atoms with Crippen molar-refractivity contribution in [2.24, 2.45) is 0 Å². The van der Waals surface area contributed by atoms with E-state index in [0.29, 0.717) is 0 Å². The fourth-order valence-corrected chi connectivity index (χ4v) is 5.91. The van der Waals surface area contributed by atoms with Crippen LogP contribution in [0.4, 0.5) is 11.4 Å². The van der Waals surface area contributed by atoms with Crippen molar-refractivity contribution in [3.8, 4) is 33.8 Å². The largest absolute Gasteiger partial charge is 0.453 e. The molecule has 0 atom stereocenters. The number of fused-ring (bicyclic) bond motifs is 4. The van der Waals surface area contributed by atoms with Crippen LogP contribution in [0.25, 0.3) is 44.1 Å². The molecule has 0 amide bonds. The molecule has 0 radical (unpaired) electrons. The van der Waals surface area contributed by atoms with Gasteiger partial charge in [0.25, 0.3) is 0 Å². The summed E-state index contributed by atoms with van der Waals surface area (Å²) in [6.07, 6.45) is 3.85. The van der Waals surface area contributed by atoms with E-state index >= 15 is 0 Å². The monoisotopic (exact) mass is 527 g/mol. The van der Waals surface area contributed by atoms with Gasteiger partial charge in [-0.2, -0.15) is 5.10 Å². The number of morpholine rings is 1. The molecule has 2 N–H and O–H groups in total. The first-order chi connectivity index (χ1) is 19.8. The molecule has 0 bridgehead atoms. The Labute approximate surface area is 231 Å². The molecule has 0 aliphatic carbocycles. The Kier molecular flexibility index (Phi) is 5.57. The third-order valence-electron chi connectivity index (χ3n) is 8.12. The van der Waals surface area contributed by atoms with Crippen LogP contribution >= 0.6 is 0 Å². The average molecular weight is 528 g/mol. The second-order valence-corrected chi connectivity index (χ2v) is 10.5. The van der Waals surface area contributed by atoms with Gasteiger partial charge < -0.3 is 19.4 Å². The van der Waals surface area contributed by atoms with Crippen molar-refractivity contribution in [1.82, 2.24) is 20.1 Å². The van der Waals surface area contributed by atoms with E-state index in [4.69, 9.17) is 9.47 Å². The topological polar surface area (TPSA) is 69.4 Å². The Morgan fingerprint density at radius 2 is 1.32 bits per heavy atom. The van der Waals surface area contributed by atoms with Gasteiger partial charge in [-0.05, 0) is 82.2 Å². The first kappa shape index (κ1) is 23.3. The van der Waals surface area contributed by atoms with Gasteiger partial charge in [0.15, 0.2) is 11.5 Å². The van der Waals surface area contributed by atoms with Gasteiger partial charge in [0.1, 0.15) is 0 Å². The van der Waals surface area contributed by atoms with E-state index in [9.17, 15) is 0 Å². The van der Waals surface area contributed by atoms with Gasteiger partial charge in [0.2, 0.25) is 0 Å².